The molecular formula is C19H19NO4. The molecule has 24 heavy (non-hydrogen) atoms. The molecule has 5 nitrogen and oxygen atoms in total. The van der Waals surface area contributed by atoms with Gasteiger partial charge in [-0.25, -0.2) is 0 Å². The van der Waals surface area contributed by atoms with Gasteiger partial charge in [-0.3, -0.25) is 4.79 Å². The number of amides is 1. The number of carbonyl (C=O) groups is 1. The van der Waals surface area contributed by atoms with Crippen LogP contribution in [0.25, 0.3) is 28.4 Å². The number of phenols is 2. The lowest BCUT2D eigenvalue weighted by atomic mass is 10.1. The summed E-state index contributed by atoms with van der Waals surface area (Å²) in [5.74, 6) is 0.244. The lowest BCUT2D eigenvalue weighted by molar-refractivity contribution is -0.113. The minimum atomic E-state index is -0.582. The maximum atomic E-state index is 10.9. The zero-order valence-electron chi connectivity index (χ0n) is 13.5. The van der Waals surface area contributed by atoms with Crippen LogP contribution in [0.5, 0.6) is 11.5 Å². The van der Waals surface area contributed by atoms with Gasteiger partial charge in [-0.1, -0.05) is 13.8 Å². The molecule has 1 amide bonds. The zero-order valence-corrected chi connectivity index (χ0v) is 13.5. The number of carbonyl (C=O) groups excluding carboxylic acids is 1. The van der Waals surface area contributed by atoms with Gasteiger partial charge in [0.1, 0.15) is 22.8 Å². The lowest BCUT2D eigenvalue weighted by Gasteiger charge is -1.98. The van der Waals surface area contributed by atoms with Gasteiger partial charge in [0, 0.05) is 22.6 Å². The van der Waals surface area contributed by atoms with Crippen molar-refractivity contribution in [2.75, 3.05) is 0 Å². The fourth-order valence-electron chi connectivity index (χ4n) is 2.23. The van der Waals surface area contributed by atoms with Crippen molar-refractivity contribution in [3.63, 3.8) is 0 Å². The summed E-state index contributed by atoms with van der Waals surface area (Å²) in [6.07, 6.45) is 2.70. The molecule has 0 unspecified atom stereocenters. The van der Waals surface area contributed by atoms with Gasteiger partial charge in [-0.15, -0.1) is 0 Å². The number of hydrogen-bond donors (Lipinski definition) is 3. The van der Waals surface area contributed by atoms with Crippen molar-refractivity contribution in [3.8, 4) is 22.8 Å². The first-order chi connectivity index (χ1) is 11.5. The Morgan fingerprint density at radius 1 is 1.04 bits per heavy atom. The number of benzene rings is 2. The van der Waals surface area contributed by atoms with E-state index in [4.69, 9.17) is 10.2 Å². The maximum Gasteiger partial charge on any atom is 0.241 e. The van der Waals surface area contributed by atoms with Crippen molar-refractivity contribution >= 4 is 23.0 Å². The second-order valence-corrected chi connectivity index (χ2v) is 4.85. The van der Waals surface area contributed by atoms with Crippen LogP contribution >= 0.6 is 0 Å². The molecule has 0 radical (unpaired) electrons. The largest absolute Gasteiger partial charge is 0.508 e. The predicted octanol–water partition coefficient (Wildman–Crippen LogP) is 4.04. The Labute approximate surface area is 139 Å². The van der Waals surface area contributed by atoms with E-state index >= 15 is 0 Å². The molecule has 0 aliphatic carbocycles. The zero-order chi connectivity index (χ0) is 17.7. The molecule has 1 heterocycles. The van der Waals surface area contributed by atoms with Gasteiger partial charge in [-0.2, -0.15) is 0 Å². The molecule has 0 spiro atoms. The van der Waals surface area contributed by atoms with Crippen LogP contribution in [-0.2, 0) is 4.79 Å². The third-order valence-electron chi connectivity index (χ3n) is 3.21. The first-order valence-electron chi connectivity index (χ1n) is 7.56. The Bertz CT molecular complexity index is 876. The van der Waals surface area contributed by atoms with E-state index in [0.29, 0.717) is 22.3 Å². The Morgan fingerprint density at radius 3 is 2.33 bits per heavy atom. The third kappa shape index (κ3) is 3.76. The highest BCUT2D eigenvalue weighted by atomic mass is 16.3. The van der Waals surface area contributed by atoms with E-state index in [1.165, 1.54) is 18.2 Å². The third-order valence-corrected chi connectivity index (χ3v) is 3.21. The van der Waals surface area contributed by atoms with Crippen LogP contribution in [0.2, 0.25) is 0 Å². The number of phenolic OH excluding ortho intramolecular Hbond substituents is 2. The topological polar surface area (TPSA) is 96.7 Å². The van der Waals surface area contributed by atoms with Crippen molar-refractivity contribution in [1.29, 1.82) is 0 Å². The standard InChI is InChI=1S/C17H13NO4.C2H6/c18-16(21)6-3-11-7-14(20)8-12-9-15(22-17(11)12)10-1-4-13(19)5-2-10;1-2/h1-9,19-20H,(H2,18,21);1-2H3/b6-3+;. The fraction of sp³-hybridized carbons (Fsp3) is 0.105. The van der Waals surface area contributed by atoms with Crippen molar-refractivity contribution in [3.05, 3.63) is 54.1 Å². The summed E-state index contributed by atoms with van der Waals surface area (Å²) < 4.78 is 5.82. The Hall–Kier alpha value is -3.21. The molecule has 0 aliphatic rings. The van der Waals surface area contributed by atoms with Gasteiger partial charge >= 0.3 is 0 Å². The van der Waals surface area contributed by atoms with Crippen molar-refractivity contribution < 1.29 is 19.4 Å². The van der Waals surface area contributed by atoms with E-state index in [-0.39, 0.29) is 11.5 Å². The van der Waals surface area contributed by atoms with E-state index in [1.807, 2.05) is 13.8 Å². The van der Waals surface area contributed by atoms with E-state index in [9.17, 15) is 15.0 Å². The number of aromatic hydroxyl groups is 2. The molecule has 0 aliphatic heterocycles. The molecule has 0 saturated heterocycles. The average molecular weight is 325 g/mol. The normalized spacial score (nSPS) is 10.6. The number of primary amides is 1. The molecule has 124 valence electrons. The van der Waals surface area contributed by atoms with Gasteiger partial charge in [0.25, 0.3) is 0 Å². The number of fused-ring (bicyclic) bond motifs is 1. The van der Waals surface area contributed by atoms with Gasteiger partial charge in [0.2, 0.25) is 5.91 Å². The van der Waals surface area contributed by atoms with E-state index < -0.39 is 5.91 Å². The SMILES string of the molecule is CC.NC(=O)/C=C/c1cc(O)cc2cc(-c3ccc(O)cc3)oc12. The van der Waals surface area contributed by atoms with Gasteiger partial charge < -0.3 is 20.4 Å². The Morgan fingerprint density at radius 2 is 1.71 bits per heavy atom. The van der Waals surface area contributed by atoms with Gasteiger partial charge in [-0.05, 0) is 48.5 Å². The molecule has 2 aromatic carbocycles. The summed E-state index contributed by atoms with van der Waals surface area (Å²) in [6, 6.07) is 11.4. The molecule has 1 aromatic heterocycles. The van der Waals surface area contributed by atoms with Crippen LogP contribution in [0, 0.1) is 0 Å². The van der Waals surface area contributed by atoms with Crippen molar-refractivity contribution in [2.24, 2.45) is 5.73 Å². The van der Waals surface area contributed by atoms with E-state index in [2.05, 4.69) is 0 Å². The summed E-state index contributed by atoms with van der Waals surface area (Å²) in [7, 11) is 0. The molecule has 0 bridgehead atoms. The second kappa shape index (κ2) is 7.37. The van der Waals surface area contributed by atoms with E-state index in [1.54, 1.807) is 36.4 Å². The minimum absolute atomic E-state index is 0.0645. The second-order valence-electron chi connectivity index (χ2n) is 4.85. The van der Waals surface area contributed by atoms with Crippen molar-refractivity contribution in [2.45, 2.75) is 13.8 Å². The summed E-state index contributed by atoms with van der Waals surface area (Å²) in [4.78, 5) is 10.9. The number of rotatable bonds is 3. The summed E-state index contributed by atoms with van der Waals surface area (Å²) >= 11 is 0. The molecule has 3 rings (SSSR count). The highest BCUT2D eigenvalue weighted by molar-refractivity contribution is 5.95. The number of hydrogen-bond acceptors (Lipinski definition) is 4. The molecule has 0 fully saturated rings. The first-order valence-corrected chi connectivity index (χ1v) is 7.56. The van der Waals surface area contributed by atoms with Crippen LogP contribution in [0.3, 0.4) is 0 Å². The van der Waals surface area contributed by atoms with Crippen molar-refractivity contribution in [1.82, 2.24) is 0 Å². The fourth-order valence-corrected chi connectivity index (χ4v) is 2.23. The first kappa shape index (κ1) is 17.1. The summed E-state index contributed by atoms with van der Waals surface area (Å²) in [5, 5.41) is 19.8. The van der Waals surface area contributed by atoms with Gasteiger partial charge in [0.05, 0.1) is 0 Å². The molecule has 0 atom stereocenters. The maximum absolute atomic E-state index is 10.9. The molecule has 3 aromatic rings. The monoisotopic (exact) mass is 325 g/mol. The predicted molar refractivity (Wildman–Crippen MR) is 94.6 cm³/mol. The highest BCUT2D eigenvalue weighted by Crippen LogP contribution is 2.33. The molecule has 0 saturated carbocycles. The van der Waals surface area contributed by atoms with Crippen LogP contribution in [0.1, 0.15) is 19.4 Å². The van der Waals surface area contributed by atoms with E-state index in [0.717, 1.165) is 5.56 Å². The van der Waals surface area contributed by atoms with Gasteiger partial charge in [0.15, 0.2) is 0 Å². The molecule has 5 heteroatoms. The van der Waals surface area contributed by atoms with Crippen LogP contribution in [0.15, 0.2) is 53.0 Å². The lowest BCUT2D eigenvalue weighted by Crippen LogP contribution is -2.05. The Balaban J connectivity index is 0.00000100. The Kier molecular flexibility index (Phi) is 5.27. The molecule has 4 N–H and O–H groups in total. The average Bonchev–Trinajstić information content (AvgIpc) is 2.99. The molecular weight excluding hydrogens is 306 g/mol. The smallest absolute Gasteiger partial charge is 0.241 e. The van der Waals surface area contributed by atoms with Crippen LogP contribution in [0.4, 0.5) is 0 Å². The number of nitrogens with two attached hydrogens (primary N) is 1. The van der Waals surface area contributed by atoms with Crippen LogP contribution < -0.4 is 5.73 Å². The summed E-state index contributed by atoms with van der Waals surface area (Å²) in [6.45, 7) is 4.00. The highest BCUT2D eigenvalue weighted by Gasteiger charge is 2.10. The summed E-state index contributed by atoms with van der Waals surface area (Å²) in [5.41, 5.74) is 6.98. The minimum Gasteiger partial charge on any atom is -0.508 e. The number of furan rings is 1. The van der Waals surface area contributed by atoms with Crippen LogP contribution in [-0.4, -0.2) is 16.1 Å². The quantitative estimate of drug-likeness (QED) is 0.633.